The van der Waals surface area contributed by atoms with Crippen LogP contribution in [0.1, 0.15) is 29.8 Å². The first-order valence-electron chi connectivity index (χ1n) is 6.16. The molecule has 1 heterocycles. The van der Waals surface area contributed by atoms with Gasteiger partial charge in [0.2, 0.25) is 5.82 Å². The number of aryl methyl sites for hydroxylation is 1. The Morgan fingerprint density at radius 2 is 2.15 bits per heavy atom. The lowest BCUT2D eigenvalue weighted by atomic mass is 10.3. The van der Waals surface area contributed by atoms with Crippen molar-refractivity contribution in [1.29, 1.82) is 0 Å². The minimum Gasteiger partial charge on any atom is -0.382 e. The highest BCUT2D eigenvalue weighted by atomic mass is 19.4. The van der Waals surface area contributed by atoms with E-state index >= 15 is 0 Å². The largest absolute Gasteiger partial charge is 0.406 e. The minimum atomic E-state index is -4.47. The molecule has 9 heteroatoms. The van der Waals surface area contributed by atoms with E-state index in [1.807, 2.05) is 0 Å². The van der Waals surface area contributed by atoms with Gasteiger partial charge in [-0.15, -0.1) is 5.10 Å². The molecule has 0 saturated heterocycles. The third-order valence-corrected chi connectivity index (χ3v) is 2.37. The molecule has 6 nitrogen and oxygen atoms in total. The Balaban J connectivity index is 2.68. The predicted octanol–water partition coefficient (Wildman–Crippen LogP) is 1.54. The van der Waals surface area contributed by atoms with Crippen LogP contribution in [0.15, 0.2) is 0 Å². The zero-order valence-corrected chi connectivity index (χ0v) is 11.3. The summed E-state index contributed by atoms with van der Waals surface area (Å²) in [7, 11) is 0. The molecular weight excluding hydrogens is 277 g/mol. The highest BCUT2D eigenvalue weighted by Gasteiger charge is 2.34. The average molecular weight is 294 g/mol. The fourth-order valence-corrected chi connectivity index (χ4v) is 1.55. The highest BCUT2D eigenvalue weighted by molar-refractivity contribution is 5.90. The van der Waals surface area contributed by atoms with E-state index in [9.17, 15) is 18.0 Å². The van der Waals surface area contributed by atoms with Gasteiger partial charge in [-0.3, -0.25) is 9.89 Å². The summed E-state index contributed by atoms with van der Waals surface area (Å²) < 4.78 is 42.5. The minimum absolute atomic E-state index is 0.0636. The lowest BCUT2D eigenvalue weighted by molar-refractivity contribution is -0.141. The van der Waals surface area contributed by atoms with Crippen LogP contribution in [-0.2, 0) is 4.74 Å². The van der Waals surface area contributed by atoms with Crippen molar-refractivity contribution in [1.82, 2.24) is 20.1 Å². The van der Waals surface area contributed by atoms with Gasteiger partial charge in [-0.05, 0) is 20.3 Å². The van der Waals surface area contributed by atoms with Crippen LogP contribution < -0.4 is 0 Å². The second kappa shape index (κ2) is 7.22. The first-order valence-corrected chi connectivity index (χ1v) is 6.16. The van der Waals surface area contributed by atoms with Crippen molar-refractivity contribution in [2.24, 2.45) is 0 Å². The quantitative estimate of drug-likeness (QED) is 0.774. The number of hydrogen-bond acceptors (Lipinski definition) is 4. The molecule has 0 spiro atoms. The highest BCUT2D eigenvalue weighted by Crippen LogP contribution is 2.17. The molecular formula is C11H17F3N4O2. The molecule has 1 rings (SSSR count). The third kappa shape index (κ3) is 5.55. The molecule has 0 aliphatic carbocycles. The van der Waals surface area contributed by atoms with Gasteiger partial charge in [0.05, 0.1) is 0 Å². The summed E-state index contributed by atoms with van der Waals surface area (Å²) in [6.45, 7) is 2.73. The van der Waals surface area contributed by atoms with Gasteiger partial charge in [0.1, 0.15) is 12.4 Å². The monoisotopic (exact) mass is 294 g/mol. The van der Waals surface area contributed by atoms with E-state index in [0.29, 0.717) is 30.4 Å². The van der Waals surface area contributed by atoms with Crippen LogP contribution >= 0.6 is 0 Å². The first-order chi connectivity index (χ1) is 9.33. The Kier molecular flexibility index (Phi) is 5.93. The summed E-state index contributed by atoms with van der Waals surface area (Å²) in [5.74, 6) is -0.735. The molecule has 1 amide bonds. The maximum absolute atomic E-state index is 12.5. The SMILES string of the molecule is CCOCCCN(CC(F)(F)F)C(=O)c1n[nH]c(C)n1. The van der Waals surface area contributed by atoms with Gasteiger partial charge in [0.15, 0.2) is 0 Å². The Morgan fingerprint density at radius 1 is 1.45 bits per heavy atom. The molecule has 20 heavy (non-hydrogen) atoms. The van der Waals surface area contributed by atoms with Gasteiger partial charge < -0.3 is 9.64 Å². The molecule has 0 aliphatic heterocycles. The molecule has 1 aromatic heterocycles. The van der Waals surface area contributed by atoms with Gasteiger partial charge >= 0.3 is 6.18 Å². The number of alkyl halides is 3. The maximum Gasteiger partial charge on any atom is 0.406 e. The molecule has 1 N–H and O–H groups in total. The number of aromatic nitrogens is 3. The van der Waals surface area contributed by atoms with E-state index in [1.54, 1.807) is 13.8 Å². The second-order valence-corrected chi connectivity index (χ2v) is 4.14. The summed E-state index contributed by atoms with van der Waals surface area (Å²) in [4.78, 5) is 16.4. The molecule has 114 valence electrons. The Morgan fingerprint density at radius 3 is 2.65 bits per heavy atom. The lowest BCUT2D eigenvalue weighted by Gasteiger charge is -2.22. The summed E-state index contributed by atoms with van der Waals surface area (Å²) in [6, 6.07) is 0. The molecule has 0 bridgehead atoms. The number of halogens is 3. The van der Waals surface area contributed by atoms with Crippen LogP contribution in [0.3, 0.4) is 0 Å². The molecule has 0 aromatic carbocycles. The Labute approximate surface area is 114 Å². The smallest absolute Gasteiger partial charge is 0.382 e. The number of ether oxygens (including phenoxy) is 1. The van der Waals surface area contributed by atoms with Crippen molar-refractivity contribution in [3.05, 3.63) is 11.6 Å². The van der Waals surface area contributed by atoms with Crippen LogP contribution in [0, 0.1) is 6.92 Å². The summed E-state index contributed by atoms with van der Waals surface area (Å²) in [5.41, 5.74) is 0. The number of rotatable bonds is 7. The van der Waals surface area contributed by atoms with Gasteiger partial charge in [-0.25, -0.2) is 4.98 Å². The summed E-state index contributed by atoms with van der Waals surface area (Å²) in [5, 5.41) is 6.01. The van der Waals surface area contributed by atoms with Crippen molar-refractivity contribution in [3.63, 3.8) is 0 Å². The van der Waals surface area contributed by atoms with E-state index in [0.717, 1.165) is 0 Å². The van der Waals surface area contributed by atoms with Crippen molar-refractivity contribution in [2.45, 2.75) is 26.4 Å². The first kappa shape index (κ1) is 16.4. The van der Waals surface area contributed by atoms with Gasteiger partial charge in [0, 0.05) is 19.8 Å². The van der Waals surface area contributed by atoms with E-state index in [4.69, 9.17) is 4.74 Å². The van der Waals surface area contributed by atoms with Crippen molar-refractivity contribution in [3.8, 4) is 0 Å². The summed E-state index contributed by atoms with van der Waals surface area (Å²) >= 11 is 0. The predicted molar refractivity (Wildman–Crippen MR) is 64.2 cm³/mol. The topological polar surface area (TPSA) is 71.1 Å². The number of nitrogens with zero attached hydrogens (tertiary/aromatic N) is 3. The number of aromatic amines is 1. The van der Waals surface area contributed by atoms with E-state index < -0.39 is 18.6 Å². The Hall–Kier alpha value is -1.64. The zero-order chi connectivity index (χ0) is 15.2. The Bertz CT molecular complexity index is 434. The molecule has 0 atom stereocenters. The number of amides is 1. The van der Waals surface area contributed by atoms with Crippen LogP contribution in [-0.4, -0.2) is 58.5 Å². The lowest BCUT2D eigenvalue weighted by Crippen LogP contribution is -2.40. The molecule has 0 fully saturated rings. The maximum atomic E-state index is 12.5. The average Bonchev–Trinajstić information content (AvgIpc) is 2.77. The normalized spacial score (nSPS) is 11.7. The molecule has 0 unspecified atom stereocenters. The van der Waals surface area contributed by atoms with Gasteiger partial charge in [-0.1, -0.05) is 0 Å². The van der Waals surface area contributed by atoms with Gasteiger partial charge in [0.25, 0.3) is 5.91 Å². The number of hydrogen-bond donors (Lipinski definition) is 1. The molecule has 0 saturated carbocycles. The number of carbonyl (C=O) groups excluding carboxylic acids is 1. The summed E-state index contributed by atoms with van der Waals surface area (Å²) in [6.07, 6.45) is -4.15. The van der Waals surface area contributed by atoms with E-state index in [2.05, 4.69) is 15.2 Å². The zero-order valence-electron chi connectivity index (χ0n) is 11.3. The number of nitrogens with one attached hydrogen (secondary N) is 1. The van der Waals surface area contributed by atoms with Crippen LogP contribution in [0.4, 0.5) is 13.2 Å². The number of H-pyrrole nitrogens is 1. The molecule has 0 aliphatic rings. The van der Waals surface area contributed by atoms with Crippen LogP contribution in [0.5, 0.6) is 0 Å². The fraction of sp³-hybridized carbons (Fsp3) is 0.727. The third-order valence-electron chi connectivity index (χ3n) is 2.37. The fourth-order valence-electron chi connectivity index (χ4n) is 1.55. The van der Waals surface area contributed by atoms with E-state index in [-0.39, 0.29) is 12.4 Å². The standard InChI is InChI=1S/C11H17F3N4O2/c1-3-20-6-4-5-18(7-11(12,13)14)10(19)9-15-8(2)16-17-9/h3-7H2,1-2H3,(H,15,16,17). The van der Waals surface area contributed by atoms with Crippen LogP contribution in [0.2, 0.25) is 0 Å². The second-order valence-electron chi connectivity index (χ2n) is 4.14. The van der Waals surface area contributed by atoms with Crippen molar-refractivity contribution in [2.75, 3.05) is 26.3 Å². The van der Waals surface area contributed by atoms with Gasteiger partial charge in [-0.2, -0.15) is 13.2 Å². The number of carbonyl (C=O) groups is 1. The molecule has 1 aromatic rings. The van der Waals surface area contributed by atoms with Crippen LogP contribution in [0.25, 0.3) is 0 Å². The van der Waals surface area contributed by atoms with E-state index in [1.165, 1.54) is 0 Å². The van der Waals surface area contributed by atoms with Crippen molar-refractivity contribution < 1.29 is 22.7 Å². The molecule has 0 radical (unpaired) electrons. The van der Waals surface area contributed by atoms with Crippen molar-refractivity contribution >= 4 is 5.91 Å².